The molecule has 2 aromatic heterocycles. The topological polar surface area (TPSA) is 46.8 Å². The lowest BCUT2D eigenvalue weighted by Gasteiger charge is -2.27. The molecule has 2 aliphatic rings. The normalized spacial score (nSPS) is 13.6. The quantitative estimate of drug-likeness (QED) is 0.152. The number of hydrogen-bond donors (Lipinski definition) is 0. The summed E-state index contributed by atoms with van der Waals surface area (Å²) >= 11 is 0. The molecule has 5 nitrogen and oxygen atoms in total. The third-order valence-electron chi connectivity index (χ3n) is 15.9. The Morgan fingerprint density at radius 2 is 0.743 bits per heavy atom. The summed E-state index contributed by atoms with van der Waals surface area (Å²) < 4.78 is 2.26. The number of hydrogen-bond acceptors (Lipinski definition) is 4. The smallest absolute Gasteiger partial charge is 0.238 e. The highest BCUT2D eigenvalue weighted by atomic mass is 15.2. The number of rotatable bonds is 8. The van der Waals surface area contributed by atoms with Crippen LogP contribution < -0.4 is 4.90 Å². The van der Waals surface area contributed by atoms with E-state index in [2.05, 4.69) is 237 Å². The molecule has 0 radical (unpaired) electrons. The van der Waals surface area contributed by atoms with E-state index in [1.54, 1.807) is 0 Å². The van der Waals surface area contributed by atoms with Gasteiger partial charge in [-0.1, -0.05) is 204 Å². The molecule has 0 amide bonds. The molecule has 0 aliphatic heterocycles. The van der Waals surface area contributed by atoms with E-state index in [0.717, 1.165) is 61.1 Å². The van der Waals surface area contributed by atoms with Crippen LogP contribution in [0.25, 0.3) is 95.0 Å². The van der Waals surface area contributed by atoms with Crippen molar-refractivity contribution in [2.75, 3.05) is 4.90 Å². The van der Waals surface area contributed by atoms with Gasteiger partial charge in [0.15, 0.2) is 11.6 Å². The Kier molecular flexibility index (Phi) is 9.83. The summed E-state index contributed by atoms with van der Waals surface area (Å²) in [5.41, 5.74) is 22.2. The number of benzene rings is 10. The molecule has 0 fully saturated rings. The average Bonchev–Trinajstić information content (AvgIpc) is 3.99. The zero-order chi connectivity index (χ0) is 49.7. The lowest BCUT2D eigenvalue weighted by molar-refractivity contribution is 0.660. The van der Waals surface area contributed by atoms with E-state index in [9.17, 15) is 0 Å². The predicted octanol–water partition coefficient (Wildman–Crippen LogP) is 17.7. The Hall–Kier alpha value is -9.19. The van der Waals surface area contributed by atoms with Crippen molar-refractivity contribution in [3.05, 3.63) is 259 Å². The van der Waals surface area contributed by atoms with Crippen LogP contribution in [-0.2, 0) is 10.8 Å². The molecule has 0 saturated carbocycles. The van der Waals surface area contributed by atoms with Crippen molar-refractivity contribution in [2.24, 2.45) is 0 Å². The van der Waals surface area contributed by atoms with Gasteiger partial charge in [-0.05, 0) is 127 Å². The minimum atomic E-state index is -0.198. The fraction of sp³-hybridized carbons (Fsp3) is 0.0870. The van der Waals surface area contributed by atoms with E-state index >= 15 is 0 Å². The number of nitrogens with zero attached hydrogens (tertiary/aromatic N) is 5. The molecule has 5 heteroatoms. The van der Waals surface area contributed by atoms with Crippen LogP contribution in [0.4, 0.5) is 17.1 Å². The first kappa shape index (κ1) is 43.6. The Balaban J connectivity index is 0.925. The van der Waals surface area contributed by atoms with Gasteiger partial charge in [0.25, 0.3) is 0 Å². The summed E-state index contributed by atoms with van der Waals surface area (Å²) in [4.78, 5) is 18.0. The summed E-state index contributed by atoms with van der Waals surface area (Å²) in [6.45, 7) is 9.36. The average molecular weight is 950 g/mol. The van der Waals surface area contributed by atoms with Crippen LogP contribution in [0, 0.1) is 0 Å². The lowest BCUT2D eigenvalue weighted by atomic mass is 9.82. The zero-order valence-electron chi connectivity index (χ0n) is 41.8. The van der Waals surface area contributed by atoms with Gasteiger partial charge in [-0.3, -0.25) is 4.57 Å². The second kappa shape index (κ2) is 16.7. The molecule has 0 N–H and O–H groups in total. The molecular formula is C69H51N5. The van der Waals surface area contributed by atoms with E-state index in [1.807, 2.05) is 36.4 Å². The predicted molar refractivity (Wildman–Crippen MR) is 306 cm³/mol. The molecule has 0 spiro atoms. The maximum atomic E-state index is 5.29. The van der Waals surface area contributed by atoms with Crippen molar-refractivity contribution in [2.45, 2.75) is 38.5 Å². The first-order chi connectivity index (χ1) is 36.2. The molecule has 14 rings (SSSR count). The van der Waals surface area contributed by atoms with Gasteiger partial charge in [-0.25, -0.2) is 4.98 Å². The van der Waals surface area contributed by atoms with Crippen molar-refractivity contribution >= 4 is 38.9 Å². The van der Waals surface area contributed by atoms with Crippen molar-refractivity contribution in [3.63, 3.8) is 0 Å². The molecule has 74 heavy (non-hydrogen) atoms. The molecule has 0 atom stereocenters. The molecule has 0 bridgehead atoms. The second-order valence-electron chi connectivity index (χ2n) is 20.9. The highest BCUT2D eigenvalue weighted by Crippen LogP contribution is 2.53. The van der Waals surface area contributed by atoms with Gasteiger partial charge in [0.1, 0.15) is 0 Å². The van der Waals surface area contributed by atoms with Gasteiger partial charge in [0.05, 0.1) is 11.0 Å². The summed E-state index contributed by atoms with van der Waals surface area (Å²) in [6, 6.07) is 85.5. The maximum absolute atomic E-state index is 5.29. The zero-order valence-corrected chi connectivity index (χ0v) is 41.8. The van der Waals surface area contributed by atoms with Crippen molar-refractivity contribution in [1.82, 2.24) is 19.5 Å². The summed E-state index contributed by atoms with van der Waals surface area (Å²) in [7, 11) is 0. The van der Waals surface area contributed by atoms with Crippen molar-refractivity contribution < 1.29 is 0 Å². The van der Waals surface area contributed by atoms with Crippen LogP contribution in [0.1, 0.15) is 49.9 Å². The van der Waals surface area contributed by atoms with E-state index in [0.29, 0.717) is 17.6 Å². The summed E-state index contributed by atoms with van der Waals surface area (Å²) in [5.74, 6) is 1.84. The summed E-state index contributed by atoms with van der Waals surface area (Å²) in [5, 5.41) is 2.29. The highest BCUT2D eigenvalue weighted by molar-refractivity contribution is 6.12. The molecular weight excluding hydrogens is 899 g/mol. The molecule has 0 unspecified atom stereocenters. The molecule has 352 valence electrons. The number of anilines is 3. The van der Waals surface area contributed by atoms with Crippen LogP contribution in [-0.4, -0.2) is 19.5 Å². The Morgan fingerprint density at radius 1 is 0.311 bits per heavy atom. The second-order valence-corrected chi connectivity index (χ2v) is 20.9. The lowest BCUT2D eigenvalue weighted by Crippen LogP contribution is -2.15. The minimum Gasteiger partial charge on any atom is -0.310 e. The number of aromatic nitrogens is 4. The van der Waals surface area contributed by atoms with Crippen molar-refractivity contribution in [3.8, 4) is 73.2 Å². The van der Waals surface area contributed by atoms with E-state index in [-0.39, 0.29) is 10.8 Å². The first-order valence-electron chi connectivity index (χ1n) is 25.6. The maximum Gasteiger partial charge on any atom is 0.238 e. The van der Waals surface area contributed by atoms with Gasteiger partial charge >= 0.3 is 0 Å². The Morgan fingerprint density at radius 3 is 1.32 bits per heavy atom. The van der Waals surface area contributed by atoms with E-state index < -0.39 is 0 Å². The van der Waals surface area contributed by atoms with Crippen LogP contribution in [0.5, 0.6) is 0 Å². The van der Waals surface area contributed by atoms with Gasteiger partial charge in [-0.2, -0.15) is 9.97 Å². The van der Waals surface area contributed by atoms with Crippen molar-refractivity contribution in [1.29, 1.82) is 0 Å². The number of fused-ring (bicyclic) bond motifs is 9. The van der Waals surface area contributed by atoms with Gasteiger partial charge in [0.2, 0.25) is 5.95 Å². The van der Waals surface area contributed by atoms with E-state index in [4.69, 9.17) is 15.0 Å². The third kappa shape index (κ3) is 6.88. The monoisotopic (exact) mass is 949 g/mol. The SMILES string of the molecule is CC1(C)c2ccccc2-c2cc(N(c3ccc(-c4ccccc4)cc3)c3ccc(-c4ccc5c(c4)c4cc6c(cc4n5-c4nc(-c5ccccc5)nc(-c5ccccc5)n4)C(C)(C)c4ccccc4-6)cc3)ccc21. The molecule has 12 aromatic rings. The van der Waals surface area contributed by atoms with Gasteiger partial charge in [0, 0.05) is 49.8 Å². The third-order valence-corrected chi connectivity index (χ3v) is 15.9. The standard InChI is InChI=1S/C69H51N5/c1-68(2)59-26-16-14-24-53(59)55-41-52(37-38-61(55)68)73(50-33-28-45(29-34-50)44-18-8-5-9-19-44)51-35-30-46(31-36-51)49-32-39-63-57(40-49)58-42-56-54-25-15-17-27-60(54)69(3,4)62(56)43-64(58)74(63)67-71-65(47-20-10-6-11-21-47)70-66(72-67)48-22-12-7-13-23-48/h5-43H,1-4H3. The summed E-state index contributed by atoms with van der Waals surface area (Å²) in [6.07, 6.45) is 0. The first-order valence-corrected chi connectivity index (χ1v) is 25.6. The fourth-order valence-electron chi connectivity index (χ4n) is 12.0. The van der Waals surface area contributed by atoms with Crippen LogP contribution in [0.3, 0.4) is 0 Å². The van der Waals surface area contributed by atoms with Gasteiger partial charge in [-0.15, -0.1) is 0 Å². The largest absolute Gasteiger partial charge is 0.310 e. The molecule has 2 heterocycles. The Bertz CT molecular complexity index is 4100. The van der Waals surface area contributed by atoms with Crippen LogP contribution in [0.15, 0.2) is 237 Å². The minimum absolute atomic E-state index is 0.0790. The molecule has 10 aromatic carbocycles. The van der Waals surface area contributed by atoms with Gasteiger partial charge < -0.3 is 4.90 Å². The Labute approximate surface area is 431 Å². The highest BCUT2D eigenvalue weighted by Gasteiger charge is 2.37. The molecule has 2 aliphatic carbocycles. The van der Waals surface area contributed by atoms with Crippen LogP contribution in [0.2, 0.25) is 0 Å². The van der Waals surface area contributed by atoms with E-state index in [1.165, 1.54) is 55.6 Å². The molecule has 0 saturated heterocycles. The van der Waals surface area contributed by atoms with Crippen LogP contribution >= 0.6 is 0 Å². The fourth-order valence-corrected chi connectivity index (χ4v) is 12.0.